The lowest BCUT2D eigenvalue weighted by Gasteiger charge is -2.29. The lowest BCUT2D eigenvalue weighted by Crippen LogP contribution is -2.32. The van der Waals surface area contributed by atoms with Gasteiger partial charge in [-0.25, -0.2) is 4.98 Å². The summed E-state index contributed by atoms with van der Waals surface area (Å²) in [5.41, 5.74) is 4.09. The third-order valence-electron chi connectivity index (χ3n) is 4.70. The number of anilines is 2. The van der Waals surface area contributed by atoms with Crippen LogP contribution in [-0.2, 0) is 19.5 Å². The molecule has 1 aliphatic rings. The van der Waals surface area contributed by atoms with E-state index in [0.717, 1.165) is 37.8 Å². The molecule has 1 aliphatic heterocycles. The Bertz CT molecular complexity index is 847. The second kappa shape index (κ2) is 6.93. The highest BCUT2D eigenvalue weighted by Gasteiger charge is 2.18. The van der Waals surface area contributed by atoms with Crippen LogP contribution in [0.1, 0.15) is 16.7 Å². The van der Waals surface area contributed by atoms with Gasteiger partial charge in [0.1, 0.15) is 5.82 Å². The van der Waals surface area contributed by atoms with Gasteiger partial charge in [-0.15, -0.1) is 0 Å². The number of aromatic nitrogens is 2. The molecule has 0 aliphatic carbocycles. The van der Waals surface area contributed by atoms with Crippen molar-refractivity contribution in [1.82, 2.24) is 9.97 Å². The maximum Gasteiger partial charge on any atom is 0.227 e. The summed E-state index contributed by atoms with van der Waals surface area (Å²) in [6, 6.07) is 21.1. The van der Waals surface area contributed by atoms with Gasteiger partial charge in [-0.05, 0) is 29.2 Å². The fourth-order valence-electron chi connectivity index (χ4n) is 3.31. The van der Waals surface area contributed by atoms with Crippen molar-refractivity contribution in [2.45, 2.75) is 19.5 Å². The van der Waals surface area contributed by atoms with Gasteiger partial charge in [0, 0.05) is 32.9 Å². The highest BCUT2D eigenvalue weighted by molar-refractivity contribution is 5.46. The molecular weight excluding hydrogens is 308 g/mol. The van der Waals surface area contributed by atoms with E-state index in [4.69, 9.17) is 4.98 Å². The zero-order valence-corrected chi connectivity index (χ0v) is 14.5. The first-order valence-corrected chi connectivity index (χ1v) is 8.69. The third-order valence-corrected chi connectivity index (χ3v) is 4.70. The van der Waals surface area contributed by atoms with Crippen LogP contribution in [0.15, 0.2) is 66.9 Å². The monoisotopic (exact) mass is 330 g/mol. The predicted octanol–water partition coefficient (Wildman–Crippen LogP) is 3.68. The van der Waals surface area contributed by atoms with Gasteiger partial charge >= 0.3 is 0 Å². The Balaban J connectivity index is 1.52. The highest BCUT2D eigenvalue weighted by atomic mass is 15.3. The van der Waals surface area contributed by atoms with Gasteiger partial charge in [0.05, 0.1) is 0 Å². The molecule has 0 fully saturated rings. The Morgan fingerprint density at radius 2 is 1.72 bits per heavy atom. The van der Waals surface area contributed by atoms with Crippen molar-refractivity contribution in [3.05, 3.63) is 83.6 Å². The second-order valence-corrected chi connectivity index (χ2v) is 6.50. The molecule has 0 amide bonds. The van der Waals surface area contributed by atoms with E-state index in [1.165, 1.54) is 16.7 Å². The molecule has 0 unspecified atom stereocenters. The SMILES string of the molecule is CN(Cc1ccccc1)c1ccnc(N2CCc3ccccc3C2)n1. The number of fused-ring (bicyclic) bond motifs is 1. The van der Waals surface area contributed by atoms with E-state index in [9.17, 15) is 0 Å². The molecule has 0 radical (unpaired) electrons. The molecule has 0 spiro atoms. The fraction of sp³-hybridized carbons (Fsp3) is 0.238. The Kier molecular flexibility index (Phi) is 4.34. The van der Waals surface area contributed by atoms with Crippen LogP contribution in [0, 0.1) is 0 Å². The second-order valence-electron chi connectivity index (χ2n) is 6.50. The molecule has 2 heterocycles. The summed E-state index contributed by atoms with van der Waals surface area (Å²) in [4.78, 5) is 13.8. The van der Waals surface area contributed by atoms with Gasteiger partial charge in [-0.3, -0.25) is 0 Å². The molecule has 126 valence electrons. The summed E-state index contributed by atoms with van der Waals surface area (Å²) in [6.07, 6.45) is 2.91. The van der Waals surface area contributed by atoms with Crippen molar-refractivity contribution in [2.75, 3.05) is 23.4 Å². The molecule has 0 N–H and O–H groups in total. The quantitative estimate of drug-likeness (QED) is 0.730. The molecule has 0 saturated heterocycles. The molecule has 0 atom stereocenters. The maximum atomic E-state index is 4.81. The zero-order valence-electron chi connectivity index (χ0n) is 14.5. The Hall–Kier alpha value is -2.88. The minimum absolute atomic E-state index is 0.812. The predicted molar refractivity (Wildman–Crippen MR) is 102 cm³/mol. The zero-order chi connectivity index (χ0) is 17.1. The average molecular weight is 330 g/mol. The number of rotatable bonds is 4. The van der Waals surface area contributed by atoms with Gasteiger partial charge in [-0.1, -0.05) is 54.6 Å². The standard InChI is InChI=1S/C21H22N4/c1-24(15-17-7-3-2-4-8-17)20-11-13-22-21(23-20)25-14-12-18-9-5-6-10-19(18)16-25/h2-11,13H,12,14-16H2,1H3. The summed E-state index contributed by atoms with van der Waals surface area (Å²) in [5.74, 6) is 1.76. The molecule has 4 rings (SSSR count). The molecule has 0 bridgehead atoms. The van der Waals surface area contributed by atoms with Crippen molar-refractivity contribution in [3.63, 3.8) is 0 Å². The first-order valence-electron chi connectivity index (χ1n) is 8.69. The van der Waals surface area contributed by atoms with Crippen molar-refractivity contribution in [2.24, 2.45) is 0 Å². The van der Waals surface area contributed by atoms with Crippen molar-refractivity contribution in [1.29, 1.82) is 0 Å². The molecule has 4 nitrogen and oxygen atoms in total. The molecule has 25 heavy (non-hydrogen) atoms. The van der Waals surface area contributed by atoms with Crippen LogP contribution in [0.25, 0.3) is 0 Å². The summed E-state index contributed by atoms with van der Waals surface area (Å²) < 4.78 is 0. The topological polar surface area (TPSA) is 32.3 Å². The normalized spacial score (nSPS) is 13.4. The first-order chi connectivity index (χ1) is 12.3. The number of benzene rings is 2. The lowest BCUT2D eigenvalue weighted by atomic mass is 10.0. The van der Waals surface area contributed by atoms with Crippen LogP contribution in [0.2, 0.25) is 0 Å². The van der Waals surface area contributed by atoms with Crippen LogP contribution in [0.5, 0.6) is 0 Å². The number of nitrogens with zero attached hydrogens (tertiary/aromatic N) is 4. The molecule has 1 aromatic heterocycles. The van der Waals surface area contributed by atoms with Crippen LogP contribution < -0.4 is 9.80 Å². The van der Waals surface area contributed by atoms with Crippen molar-refractivity contribution < 1.29 is 0 Å². The minimum Gasteiger partial charge on any atom is -0.355 e. The van der Waals surface area contributed by atoms with Crippen LogP contribution in [0.4, 0.5) is 11.8 Å². The van der Waals surface area contributed by atoms with E-state index in [-0.39, 0.29) is 0 Å². The van der Waals surface area contributed by atoms with Crippen LogP contribution in [0.3, 0.4) is 0 Å². The summed E-state index contributed by atoms with van der Waals surface area (Å²) in [6.45, 7) is 2.67. The molecule has 3 aromatic rings. The minimum atomic E-state index is 0.812. The summed E-state index contributed by atoms with van der Waals surface area (Å²) >= 11 is 0. The fourth-order valence-corrected chi connectivity index (χ4v) is 3.31. The van der Waals surface area contributed by atoms with E-state index in [2.05, 4.69) is 70.4 Å². The smallest absolute Gasteiger partial charge is 0.227 e. The highest BCUT2D eigenvalue weighted by Crippen LogP contribution is 2.23. The Morgan fingerprint density at radius 1 is 0.960 bits per heavy atom. The van der Waals surface area contributed by atoms with Gasteiger partial charge in [0.15, 0.2) is 0 Å². The van der Waals surface area contributed by atoms with Gasteiger partial charge in [0.2, 0.25) is 5.95 Å². The number of hydrogen-bond donors (Lipinski definition) is 0. The number of hydrogen-bond acceptors (Lipinski definition) is 4. The van der Waals surface area contributed by atoms with E-state index in [1.807, 2.05) is 18.3 Å². The maximum absolute atomic E-state index is 4.81. The van der Waals surface area contributed by atoms with E-state index < -0.39 is 0 Å². The van der Waals surface area contributed by atoms with Crippen molar-refractivity contribution in [3.8, 4) is 0 Å². The van der Waals surface area contributed by atoms with E-state index >= 15 is 0 Å². The van der Waals surface area contributed by atoms with Gasteiger partial charge in [-0.2, -0.15) is 4.98 Å². The average Bonchev–Trinajstić information content (AvgIpc) is 2.68. The van der Waals surface area contributed by atoms with Gasteiger partial charge in [0.25, 0.3) is 0 Å². The molecule has 2 aromatic carbocycles. The summed E-state index contributed by atoms with van der Waals surface area (Å²) in [7, 11) is 2.07. The van der Waals surface area contributed by atoms with Gasteiger partial charge < -0.3 is 9.80 Å². The molecule has 0 saturated carbocycles. The molecule has 4 heteroatoms. The third kappa shape index (κ3) is 3.48. The molecular formula is C21H22N4. The van der Waals surface area contributed by atoms with E-state index in [1.54, 1.807) is 0 Å². The van der Waals surface area contributed by atoms with Crippen LogP contribution >= 0.6 is 0 Å². The lowest BCUT2D eigenvalue weighted by molar-refractivity contribution is 0.705. The van der Waals surface area contributed by atoms with E-state index in [0.29, 0.717) is 0 Å². The van der Waals surface area contributed by atoms with Crippen molar-refractivity contribution >= 4 is 11.8 Å². The largest absolute Gasteiger partial charge is 0.355 e. The first kappa shape index (κ1) is 15.6. The Labute approximate surface area is 148 Å². The summed E-state index contributed by atoms with van der Waals surface area (Å²) in [5, 5.41) is 0. The van der Waals surface area contributed by atoms with Crippen LogP contribution in [-0.4, -0.2) is 23.6 Å². The Morgan fingerprint density at radius 3 is 2.56 bits per heavy atom.